The fourth-order valence-corrected chi connectivity index (χ4v) is 3.03. The molecule has 2 heterocycles. The van der Waals surface area contributed by atoms with Crippen LogP contribution in [-0.2, 0) is 13.5 Å². The molecule has 2 aromatic rings. The van der Waals surface area contributed by atoms with Crippen molar-refractivity contribution < 1.29 is 0 Å². The van der Waals surface area contributed by atoms with E-state index in [4.69, 9.17) is 0 Å². The van der Waals surface area contributed by atoms with Crippen molar-refractivity contribution in [2.45, 2.75) is 32.2 Å². The van der Waals surface area contributed by atoms with E-state index < -0.39 is 0 Å². The first-order valence-corrected chi connectivity index (χ1v) is 6.53. The van der Waals surface area contributed by atoms with Crippen LogP contribution in [0.4, 0.5) is 0 Å². The number of aromatic nitrogens is 1. The van der Waals surface area contributed by atoms with Crippen molar-refractivity contribution >= 4 is 10.9 Å². The van der Waals surface area contributed by atoms with Crippen LogP contribution in [0, 0.1) is 6.92 Å². The summed E-state index contributed by atoms with van der Waals surface area (Å²) in [4.78, 5) is 0. The van der Waals surface area contributed by atoms with Crippen LogP contribution in [0.25, 0.3) is 10.9 Å². The van der Waals surface area contributed by atoms with E-state index in [-0.39, 0.29) is 0 Å². The van der Waals surface area contributed by atoms with Gasteiger partial charge in [0.05, 0.1) is 0 Å². The Balaban J connectivity index is 2.05. The fourth-order valence-electron chi connectivity index (χ4n) is 3.03. The number of nitrogens with zero attached hydrogens (tertiary/aromatic N) is 1. The quantitative estimate of drug-likeness (QED) is 0.836. The molecule has 1 aromatic carbocycles. The van der Waals surface area contributed by atoms with Crippen LogP contribution in [0.5, 0.6) is 0 Å². The molecule has 0 amide bonds. The third-order valence-corrected chi connectivity index (χ3v) is 4.14. The van der Waals surface area contributed by atoms with Gasteiger partial charge in [-0.3, -0.25) is 0 Å². The summed E-state index contributed by atoms with van der Waals surface area (Å²) >= 11 is 0. The van der Waals surface area contributed by atoms with E-state index in [9.17, 15) is 0 Å². The molecule has 17 heavy (non-hydrogen) atoms. The minimum Gasteiger partial charge on any atom is -0.348 e. The number of hydrogen-bond donors (Lipinski definition) is 1. The highest BCUT2D eigenvalue weighted by Gasteiger charge is 2.19. The molecule has 1 aliphatic rings. The van der Waals surface area contributed by atoms with E-state index in [1.165, 1.54) is 48.0 Å². The molecule has 1 atom stereocenters. The second-order valence-corrected chi connectivity index (χ2v) is 5.14. The Labute approximate surface area is 103 Å². The number of fused-ring (bicyclic) bond motifs is 1. The number of aryl methyl sites for hydroxylation is 1. The van der Waals surface area contributed by atoms with Gasteiger partial charge in [-0.25, -0.2) is 0 Å². The zero-order valence-electron chi connectivity index (χ0n) is 10.7. The molecular weight excluding hydrogens is 208 g/mol. The standard InChI is InChI=1S/C15H20N2/c1-11-14(10-12-6-5-9-16-12)13-7-3-4-8-15(13)17(11)2/h3-4,7-8,12,16H,5-6,9-10H2,1-2H3. The first kappa shape index (κ1) is 10.8. The normalized spacial score (nSPS) is 20.2. The van der Waals surface area contributed by atoms with Gasteiger partial charge in [0.15, 0.2) is 0 Å². The largest absolute Gasteiger partial charge is 0.348 e. The lowest BCUT2D eigenvalue weighted by Gasteiger charge is -2.10. The second kappa shape index (κ2) is 4.19. The summed E-state index contributed by atoms with van der Waals surface area (Å²) in [6, 6.07) is 9.42. The van der Waals surface area contributed by atoms with E-state index in [0.29, 0.717) is 6.04 Å². The average molecular weight is 228 g/mol. The molecular formula is C15H20N2. The molecule has 3 rings (SSSR count). The first-order valence-electron chi connectivity index (χ1n) is 6.53. The predicted molar refractivity (Wildman–Crippen MR) is 72.4 cm³/mol. The van der Waals surface area contributed by atoms with Gasteiger partial charge >= 0.3 is 0 Å². The molecule has 0 radical (unpaired) electrons. The van der Waals surface area contributed by atoms with Crippen molar-refractivity contribution in [1.29, 1.82) is 0 Å². The summed E-state index contributed by atoms with van der Waals surface area (Å²) in [6.07, 6.45) is 3.82. The molecule has 2 heteroatoms. The van der Waals surface area contributed by atoms with Crippen molar-refractivity contribution in [3.63, 3.8) is 0 Å². The summed E-state index contributed by atoms with van der Waals surface area (Å²) in [5.41, 5.74) is 4.31. The van der Waals surface area contributed by atoms with Gasteiger partial charge in [0.2, 0.25) is 0 Å². The maximum absolute atomic E-state index is 3.60. The highest BCUT2D eigenvalue weighted by Crippen LogP contribution is 2.27. The lowest BCUT2D eigenvalue weighted by Crippen LogP contribution is -2.23. The Morgan fingerprint density at radius 1 is 1.35 bits per heavy atom. The zero-order chi connectivity index (χ0) is 11.8. The van der Waals surface area contributed by atoms with Gasteiger partial charge in [0.1, 0.15) is 0 Å². The van der Waals surface area contributed by atoms with Crippen LogP contribution in [0.1, 0.15) is 24.1 Å². The van der Waals surface area contributed by atoms with Crippen LogP contribution in [-0.4, -0.2) is 17.2 Å². The molecule has 1 aromatic heterocycles. The van der Waals surface area contributed by atoms with Crippen molar-refractivity contribution in [2.75, 3.05) is 6.54 Å². The molecule has 0 saturated carbocycles. The molecule has 1 fully saturated rings. The van der Waals surface area contributed by atoms with Gasteiger partial charge in [0, 0.05) is 29.7 Å². The van der Waals surface area contributed by atoms with Gasteiger partial charge in [-0.05, 0) is 44.4 Å². The molecule has 0 spiro atoms. The maximum Gasteiger partial charge on any atom is 0.0482 e. The van der Waals surface area contributed by atoms with E-state index in [2.05, 4.69) is 48.1 Å². The second-order valence-electron chi connectivity index (χ2n) is 5.14. The van der Waals surface area contributed by atoms with E-state index in [1.54, 1.807) is 0 Å². The molecule has 1 unspecified atom stereocenters. The van der Waals surface area contributed by atoms with E-state index in [1.807, 2.05) is 0 Å². The van der Waals surface area contributed by atoms with E-state index >= 15 is 0 Å². The molecule has 1 aliphatic heterocycles. The summed E-state index contributed by atoms with van der Waals surface area (Å²) in [7, 11) is 2.17. The van der Waals surface area contributed by atoms with E-state index in [0.717, 1.165) is 0 Å². The third-order valence-electron chi connectivity index (χ3n) is 4.14. The first-order chi connectivity index (χ1) is 8.27. The fraction of sp³-hybridized carbons (Fsp3) is 0.467. The Morgan fingerprint density at radius 3 is 2.94 bits per heavy atom. The average Bonchev–Trinajstić information content (AvgIpc) is 2.94. The lowest BCUT2D eigenvalue weighted by atomic mass is 10.0. The smallest absolute Gasteiger partial charge is 0.0482 e. The molecule has 1 N–H and O–H groups in total. The minimum absolute atomic E-state index is 0.680. The molecule has 2 nitrogen and oxygen atoms in total. The monoisotopic (exact) mass is 228 g/mol. The third kappa shape index (κ3) is 1.77. The Bertz CT molecular complexity index is 533. The number of benzene rings is 1. The van der Waals surface area contributed by atoms with Gasteiger partial charge < -0.3 is 9.88 Å². The Hall–Kier alpha value is -1.28. The Morgan fingerprint density at radius 2 is 2.18 bits per heavy atom. The van der Waals surface area contributed by atoms with Crippen molar-refractivity contribution in [2.24, 2.45) is 7.05 Å². The number of para-hydroxylation sites is 1. The highest BCUT2D eigenvalue weighted by atomic mass is 15.0. The van der Waals surface area contributed by atoms with Crippen LogP contribution in [0.3, 0.4) is 0 Å². The summed E-state index contributed by atoms with van der Waals surface area (Å²) in [5, 5.41) is 5.03. The SMILES string of the molecule is Cc1c(CC2CCCN2)c2ccccc2n1C. The van der Waals surface area contributed by atoms with Crippen molar-refractivity contribution in [3.05, 3.63) is 35.5 Å². The molecule has 0 aliphatic carbocycles. The molecule has 1 saturated heterocycles. The minimum atomic E-state index is 0.680. The summed E-state index contributed by atoms with van der Waals surface area (Å²) < 4.78 is 2.32. The van der Waals surface area contributed by atoms with Crippen molar-refractivity contribution in [3.8, 4) is 0 Å². The number of rotatable bonds is 2. The topological polar surface area (TPSA) is 17.0 Å². The van der Waals surface area contributed by atoms with Crippen LogP contribution in [0.15, 0.2) is 24.3 Å². The lowest BCUT2D eigenvalue weighted by molar-refractivity contribution is 0.602. The highest BCUT2D eigenvalue weighted by molar-refractivity contribution is 5.85. The molecule has 90 valence electrons. The number of hydrogen-bond acceptors (Lipinski definition) is 1. The van der Waals surface area contributed by atoms with Gasteiger partial charge in [-0.15, -0.1) is 0 Å². The van der Waals surface area contributed by atoms with Crippen LogP contribution in [0.2, 0.25) is 0 Å². The number of nitrogens with one attached hydrogen (secondary N) is 1. The van der Waals surface area contributed by atoms with Crippen LogP contribution >= 0.6 is 0 Å². The molecule has 0 bridgehead atoms. The van der Waals surface area contributed by atoms with Gasteiger partial charge in [0.25, 0.3) is 0 Å². The zero-order valence-corrected chi connectivity index (χ0v) is 10.7. The maximum atomic E-state index is 3.60. The van der Waals surface area contributed by atoms with Gasteiger partial charge in [-0.2, -0.15) is 0 Å². The Kier molecular flexibility index (Phi) is 2.67. The van der Waals surface area contributed by atoms with Gasteiger partial charge in [-0.1, -0.05) is 18.2 Å². The summed E-state index contributed by atoms with van der Waals surface area (Å²) in [5.74, 6) is 0. The van der Waals surface area contributed by atoms with Crippen LogP contribution < -0.4 is 5.32 Å². The predicted octanol–water partition coefficient (Wildman–Crippen LogP) is 2.78. The summed E-state index contributed by atoms with van der Waals surface area (Å²) in [6.45, 7) is 3.43. The van der Waals surface area contributed by atoms with Crippen molar-refractivity contribution in [1.82, 2.24) is 9.88 Å².